The fourth-order valence-corrected chi connectivity index (χ4v) is 4.09. The number of nitro groups is 1. The van der Waals surface area contributed by atoms with E-state index < -0.39 is 42.9 Å². The van der Waals surface area contributed by atoms with Crippen molar-refractivity contribution < 1.29 is 52.0 Å². The van der Waals surface area contributed by atoms with Crippen LogP contribution in [0.4, 0.5) is 28.4 Å². The Morgan fingerprint density at radius 3 is 2.00 bits per heavy atom. The number of hydrogen-bond donors (Lipinski definition) is 4. The molecule has 4 aromatic rings. The molecule has 0 saturated heterocycles. The Bertz CT molecular complexity index is 1750. The van der Waals surface area contributed by atoms with Gasteiger partial charge in [0, 0.05) is 58.5 Å². The monoisotopic (exact) mass is 576 g/mol. The number of benzene rings is 4. The molecule has 0 bridgehead atoms. The van der Waals surface area contributed by atoms with Crippen LogP contribution in [0.3, 0.4) is 0 Å². The summed E-state index contributed by atoms with van der Waals surface area (Å²) in [5, 5.41) is 57.4. The summed E-state index contributed by atoms with van der Waals surface area (Å²) in [5.74, 6) is -1.60. The van der Waals surface area contributed by atoms with Crippen molar-refractivity contribution in [3.05, 3.63) is 76.3 Å². The zero-order chi connectivity index (χ0) is 26.9. The van der Waals surface area contributed by atoms with Gasteiger partial charge in [0.15, 0.2) is 0 Å². The molecule has 0 heterocycles. The smallest absolute Gasteiger partial charge is 0.506 e. The second-order valence-electron chi connectivity index (χ2n) is 7.72. The van der Waals surface area contributed by atoms with E-state index >= 15 is 0 Å². The van der Waals surface area contributed by atoms with Crippen molar-refractivity contribution in [3.8, 4) is 17.2 Å². The van der Waals surface area contributed by atoms with Gasteiger partial charge < -0.3 is 15.3 Å². The van der Waals surface area contributed by atoms with Crippen molar-refractivity contribution in [3.63, 3.8) is 0 Å². The molecule has 15 heteroatoms. The number of fused-ring (bicyclic) bond motifs is 1. The van der Waals surface area contributed by atoms with E-state index in [1.54, 1.807) is 12.1 Å². The Labute approximate surface area is 227 Å². The van der Waals surface area contributed by atoms with Crippen LogP contribution in [0.25, 0.3) is 10.8 Å². The van der Waals surface area contributed by atoms with Crippen molar-refractivity contribution in [2.75, 3.05) is 0 Å². The van der Waals surface area contributed by atoms with Crippen LogP contribution >= 0.6 is 0 Å². The Hall–Kier alpha value is -4.42. The van der Waals surface area contributed by atoms with Crippen molar-refractivity contribution >= 4 is 49.3 Å². The van der Waals surface area contributed by atoms with Gasteiger partial charge in [-0.2, -0.15) is 13.5 Å². The molecule has 38 heavy (non-hydrogen) atoms. The predicted octanol–water partition coefficient (Wildman–Crippen LogP) is 6.36. The van der Waals surface area contributed by atoms with E-state index in [2.05, 4.69) is 20.5 Å². The first kappa shape index (κ1) is 28.2. The fourth-order valence-electron chi connectivity index (χ4n) is 3.39. The zero-order valence-corrected chi connectivity index (χ0v) is 21.3. The summed E-state index contributed by atoms with van der Waals surface area (Å²) in [7, 11) is -4.87. The minimum Gasteiger partial charge on any atom is -0.506 e. The third kappa shape index (κ3) is 5.76. The van der Waals surface area contributed by atoms with Crippen LogP contribution in [0.5, 0.6) is 17.2 Å². The number of rotatable bonds is 6. The molecular formula is C23H18CrN5O8S+. The van der Waals surface area contributed by atoms with E-state index in [1.807, 2.05) is 19.1 Å². The van der Waals surface area contributed by atoms with Gasteiger partial charge in [-0.05, 0) is 24.6 Å². The maximum absolute atomic E-state index is 11.8. The number of aryl methyl sites for hydroxylation is 1. The number of nitro benzene ring substituents is 1. The number of nitrogens with zero attached hydrogens (tertiary/aromatic N) is 5. The number of hydrogen-bond acceptors (Lipinski definition) is 11. The largest absolute Gasteiger partial charge is 1.00 e. The molecule has 0 unspecified atom stereocenters. The SMILES string of the molecule is Cc1ccccc1N=Nc1cc(N=Nc2c(O)cc(S(=O)(=O)O)c3cc([N+](=O)[O-])ccc23)c(O)cc1O.[Cr].[H+]. The first-order valence-corrected chi connectivity index (χ1v) is 11.8. The summed E-state index contributed by atoms with van der Waals surface area (Å²) < 4.78 is 33.2. The van der Waals surface area contributed by atoms with Gasteiger partial charge >= 0.3 is 1.43 Å². The molecule has 0 fully saturated rings. The van der Waals surface area contributed by atoms with E-state index in [1.165, 1.54) is 6.07 Å². The van der Waals surface area contributed by atoms with Gasteiger partial charge in [0.25, 0.3) is 15.8 Å². The average Bonchev–Trinajstić information content (AvgIpc) is 2.83. The second kappa shape index (κ2) is 10.9. The minimum absolute atomic E-state index is 0. The Morgan fingerprint density at radius 1 is 0.789 bits per heavy atom. The minimum atomic E-state index is -4.87. The van der Waals surface area contributed by atoms with Gasteiger partial charge in [-0.1, -0.05) is 18.2 Å². The summed E-state index contributed by atoms with van der Waals surface area (Å²) in [6.07, 6.45) is 0. The first-order valence-electron chi connectivity index (χ1n) is 10.3. The predicted molar refractivity (Wildman–Crippen MR) is 132 cm³/mol. The van der Waals surface area contributed by atoms with Crippen LogP contribution in [-0.4, -0.2) is 33.2 Å². The first-order chi connectivity index (χ1) is 17.5. The molecule has 0 aliphatic rings. The van der Waals surface area contributed by atoms with Gasteiger partial charge in [-0.15, -0.1) is 15.3 Å². The number of aromatic hydroxyl groups is 3. The van der Waals surface area contributed by atoms with Gasteiger partial charge in [0.2, 0.25) is 0 Å². The van der Waals surface area contributed by atoms with E-state index in [4.69, 9.17) is 0 Å². The standard InChI is InChI=1S/C23H17N5O8S.Cr/c1-12-4-2-3-5-16(12)24-25-17-9-18(20(30)10-19(17)29)26-27-23-14-7-6-13(28(32)33)8-15(14)22(11-21(23)31)37(34,35)36;/h2-11,29-31H,1H3,(H,34,35,36);/p+1. The van der Waals surface area contributed by atoms with Crippen molar-refractivity contribution in [1.29, 1.82) is 0 Å². The van der Waals surface area contributed by atoms with E-state index in [0.29, 0.717) is 11.8 Å². The molecular weight excluding hydrogens is 558 g/mol. The van der Waals surface area contributed by atoms with Crippen LogP contribution in [0.2, 0.25) is 0 Å². The third-order valence-corrected chi connectivity index (χ3v) is 6.13. The molecule has 0 atom stereocenters. The Kier molecular flexibility index (Phi) is 8.08. The molecule has 4 aromatic carbocycles. The molecule has 194 valence electrons. The van der Waals surface area contributed by atoms with Crippen LogP contribution in [-0.2, 0) is 27.5 Å². The summed E-state index contributed by atoms with van der Waals surface area (Å²) in [5.41, 5.74) is 0.368. The van der Waals surface area contributed by atoms with Crippen molar-refractivity contribution in [2.24, 2.45) is 20.5 Å². The number of non-ortho nitro benzene ring substituents is 1. The third-order valence-electron chi connectivity index (χ3n) is 5.23. The molecule has 4 rings (SSSR count). The zero-order valence-electron chi connectivity index (χ0n) is 20.2. The fraction of sp³-hybridized carbons (Fsp3) is 0.0435. The molecule has 0 spiro atoms. The maximum atomic E-state index is 11.8. The average molecular weight is 576 g/mol. The topological polar surface area (TPSA) is 208 Å². The van der Waals surface area contributed by atoms with Gasteiger partial charge in [0.1, 0.15) is 39.2 Å². The summed E-state index contributed by atoms with van der Waals surface area (Å²) >= 11 is 0. The number of azo groups is 2. The van der Waals surface area contributed by atoms with Crippen molar-refractivity contribution in [1.82, 2.24) is 0 Å². The van der Waals surface area contributed by atoms with Crippen LogP contribution in [0.15, 0.2) is 86.0 Å². The maximum Gasteiger partial charge on any atom is 1.00 e. The molecule has 13 nitrogen and oxygen atoms in total. The molecule has 0 aliphatic heterocycles. The number of phenolic OH excluding ortho intramolecular Hbond substituents is 3. The molecule has 0 amide bonds. The summed E-state index contributed by atoms with van der Waals surface area (Å²) in [6.45, 7) is 1.82. The Balaban J connectivity index is 0.00000267. The van der Waals surface area contributed by atoms with E-state index in [0.717, 1.165) is 29.8 Å². The molecule has 0 aromatic heterocycles. The van der Waals surface area contributed by atoms with Crippen LogP contribution < -0.4 is 0 Å². The van der Waals surface area contributed by atoms with Gasteiger partial charge in [-0.3, -0.25) is 14.7 Å². The molecule has 0 aliphatic carbocycles. The molecule has 4 N–H and O–H groups in total. The van der Waals surface area contributed by atoms with Crippen molar-refractivity contribution in [2.45, 2.75) is 11.8 Å². The molecule has 0 saturated carbocycles. The second-order valence-corrected chi connectivity index (χ2v) is 9.11. The quantitative estimate of drug-likeness (QED) is 0.0876. The normalized spacial score (nSPS) is 11.7. The van der Waals surface area contributed by atoms with E-state index in [-0.39, 0.29) is 46.6 Å². The number of phenols is 3. The summed E-state index contributed by atoms with van der Waals surface area (Å²) in [4.78, 5) is 9.63. The van der Waals surface area contributed by atoms with Crippen LogP contribution in [0, 0.1) is 17.0 Å². The van der Waals surface area contributed by atoms with Gasteiger partial charge in [-0.25, -0.2) is 0 Å². The van der Waals surface area contributed by atoms with Crippen LogP contribution in [0.1, 0.15) is 6.99 Å². The summed E-state index contributed by atoms with van der Waals surface area (Å²) in [6, 6.07) is 13.0. The molecule has 0 radical (unpaired) electrons. The van der Waals surface area contributed by atoms with Gasteiger partial charge in [0.05, 0.1) is 10.6 Å². The Morgan fingerprint density at radius 2 is 1.39 bits per heavy atom. The van der Waals surface area contributed by atoms with E-state index in [9.17, 15) is 38.4 Å².